The van der Waals surface area contributed by atoms with Crippen LogP contribution in [0.2, 0.25) is 0 Å². The lowest BCUT2D eigenvalue weighted by molar-refractivity contribution is -0.0500. The first-order chi connectivity index (χ1) is 62.2. The summed E-state index contributed by atoms with van der Waals surface area (Å²) >= 11 is 0. The molecule has 21 atom stereocenters. The van der Waals surface area contributed by atoms with Crippen molar-refractivity contribution in [2.45, 2.75) is 123 Å². The van der Waals surface area contributed by atoms with Gasteiger partial charge in [-0.25, -0.2) is 104 Å². The van der Waals surface area contributed by atoms with Crippen LogP contribution in [-0.2, 0) is 68.1 Å². The van der Waals surface area contributed by atoms with Crippen molar-refractivity contribution in [2.24, 2.45) is 64.2 Å². The number of halogens is 15. The van der Waals surface area contributed by atoms with Gasteiger partial charge in [-0.15, -0.1) is 0 Å². The van der Waals surface area contributed by atoms with Crippen molar-refractivity contribution in [3.05, 3.63) is 198 Å². The minimum absolute atomic E-state index is 0.00368. The largest absolute Gasteiger partial charge is 0.381 e. The topological polar surface area (TPSA) is 345 Å². The molecule has 0 spiro atoms. The predicted octanol–water partition coefficient (Wildman–Crippen LogP) is 6.61. The Balaban J connectivity index is 0.000000120. The van der Waals surface area contributed by atoms with E-state index in [0.29, 0.717) is 146 Å². The first kappa shape index (κ1) is 98.7. The van der Waals surface area contributed by atoms with E-state index in [1.165, 1.54) is 21.1 Å². The maximum absolute atomic E-state index is 14.1. The Hall–Kier alpha value is -6.39. The highest BCUT2D eigenvalue weighted by Gasteiger charge is 2.51. The molecule has 11 saturated heterocycles. The number of rotatable bonds is 12. The van der Waals surface area contributed by atoms with Gasteiger partial charge in [0.2, 0.25) is 20.0 Å². The fourth-order valence-corrected chi connectivity index (χ4v) is 27.6. The minimum Gasteiger partial charge on any atom is -0.381 e. The van der Waals surface area contributed by atoms with E-state index in [1.807, 2.05) is 0 Å². The maximum Gasteiger partial charge on any atom is 0.211 e. The van der Waals surface area contributed by atoms with E-state index in [-0.39, 0.29) is 131 Å². The van der Waals surface area contributed by atoms with Gasteiger partial charge in [0.05, 0.1) is 81.8 Å². The molecular weight excluding hydrogens is 1850 g/mol. The molecule has 10 N–H and O–H groups in total. The summed E-state index contributed by atoms with van der Waals surface area (Å²) in [6.07, 6.45) is 0.552. The molecule has 11 fully saturated rings. The molecule has 0 amide bonds. The summed E-state index contributed by atoms with van der Waals surface area (Å²) in [4.78, 5) is 11.1. The molecule has 0 saturated carbocycles. The van der Waals surface area contributed by atoms with Crippen LogP contribution in [-0.4, -0.2) is 301 Å². The zero-order chi connectivity index (χ0) is 94.5. The molecule has 0 radical (unpaired) electrons. The van der Waals surface area contributed by atoms with Crippen LogP contribution < -0.4 is 28.7 Å². The summed E-state index contributed by atoms with van der Waals surface area (Å²) in [5.74, 6) is -13.5. The molecule has 728 valence electrons. The Morgan fingerprint density at radius 2 is 0.538 bits per heavy atom. The molecule has 20 rings (SSSR count). The van der Waals surface area contributed by atoms with Crippen LogP contribution in [0.4, 0.5) is 65.9 Å². The molecule has 0 aromatic heterocycles. The summed E-state index contributed by atoms with van der Waals surface area (Å²) in [6, 6.07) is 4.34. The molecule has 132 heavy (non-hydrogen) atoms. The summed E-state index contributed by atoms with van der Waals surface area (Å²) in [7, 11) is -12.3. The van der Waals surface area contributed by atoms with E-state index in [0.717, 1.165) is 92.0 Å². The first-order valence-corrected chi connectivity index (χ1v) is 51.2. The van der Waals surface area contributed by atoms with Gasteiger partial charge in [0.1, 0.15) is 59.6 Å². The number of sulfone groups is 2. The highest BCUT2D eigenvalue weighted by Crippen LogP contribution is 2.45. The molecule has 45 heteroatoms. The first-order valence-electron chi connectivity index (χ1n) is 43.8. The zero-order valence-corrected chi connectivity index (χ0v) is 75.4. The van der Waals surface area contributed by atoms with E-state index < -0.39 is 188 Å². The summed E-state index contributed by atoms with van der Waals surface area (Å²) in [5.41, 5.74) is 33.9. The van der Waals surface area contributed by atoms with Crippen LogP contribution in [0, 0.1) is 123 Å². The zero-order valence-electron chi connectivity index (χ0n) is 72.1. The molecule has 15 aliphatic rings. The Morgan fingerprint density at radius 3 is 0.795 bits per heavy atom. The molecule has 15 aliphatic heterocycles. The van der Waals surface area contributed by atoms with E-state index in [1.54, 1.807) is 0 Å². The van der Waals surface area contributed by atoms with Gasteiger partial charge in [-0.1, -0.05) is 0 Å². The fraction of sp³-hybridized carbons (Fsp3) is 0.609. The van der Waals surface area contributed by atoms with Gasteiger partial charge in [-0.05, 0) is 108 Å². The standard InChI is InChI=1S/C18H24F3N3O3S.C18H22F3N3O3S.C17H21F3N2O3S.C17H19F3N2O3S.C17H21F3N2O2/c2*1-28(25,26)24-7-10-5-23(6-11(10)8-24)13-4-16(22)18(27-9-13)14-2-12(19)3-15(20)17(14)21;2*18-11-1-13(16(20)14(19)2-11)17-15(21)3-12(6-25-17)22-4-9-7-26(23,24)8-10(9)5-22;18-11-1-13(16(20)14(19)2-11)17-15(21)3-12(8-24-17)22-4-9-6-23-7-10(9)5-22/h2-3,10-11,13,16,18H,4-9,22H2,1H3;2-3,13,16,18H,4-9,22H2,1H3;1-2,9-10,12,15,17H,3-8,21H2;1-2,12,15,17H,3-8,21H2;1-2,9-10,12,15,17H,3-8,21H2/t10?,11?,13-,16+,18-;13-,16+,18-;9?,10?,12-,15+,17-;12-,15+,17-;9?,10?,12-,15+,17-/m11111/s1. The Labute approximate surface area is 755 Å². The number of likely N-dealkylation sites (tertiary alicyclic amines) is 3. The van der Waals surface area contributed by atoms with E-state index in [2.05, 4.69) is 24.5 Å². The average molecular weight is 1960 g/mol. The van der Waals surface area contributed by atoms with Gasteiger partial charge >= 0.3 is 0 Å². The number of benzene rings is 5. The van der Waals surface area contributed by atoms with Crippen LogP contribution in [0.25, 0.3) is 0 Å². The summed E-state index contributed by atoms with van der Waals surface area (Å²) in [5, 5.41) is 0. The van der Waals surface area contributed by atoms with Crippen LogP contribution in [0.5, 0.6) is 0 Å². The lowest BCUT2D eigenvalue weighted by Gasteiger charge is -2.39. The Morgan fingerprint density at radius 1 is 0.295 bits per heavy atom. The Bertz CT molecular complexity index is 5430. The second-order valence-corrected chi connectivity index (χ2v) is 46.1. The highest BCUT2D eigenvalue weighted by atomic mass is 32.2. The molecule has 0 bridgehead atoms. The lowest BCUT2D eigenvalue weighted by Crippen LogP contribution is -2.49. The third-order valence-corrected chi connectivity index (χ3v) is 34.4. The SMILES string of the molecule is CS(=O)(=O)N1CC2=C(CN([C@H]3CO[C@H](c4cc(F)cc(F)c4F)[C@@H](N)C3)C2)C1.CS(=O)(=O)N1CC2CN([C@H]3CO[C@H](c4cc(F)cc(F)c4F)[C@@H](N)C3)CC2C1.N[C@H]1C[C@@H](N2CC3=C(C2)CS(=O)(=O)C3)CO[C@@H]1c1cc(F)cc(F)c1F.N[C@H]1C[C@@H](N2CC3COCC3C2)CO[C@@H]1c1cc(F)cc(F)c1F.N[C@H]1C[C@@H](N2CC3CS(=O)(=O)CC3C2)CO[C@@H]1c1cc(F)cc(F)c1F. The monoisotopic (exact) mass is 1960 g/mol. The van der Waals surface area contributed by atoms with Gasteiger partial charge in [0.25, 0.3) is 0 Å². The van der Waals surface area contributed by atoms with Crippen LogP contribution in [0.3, 0.4) is 0 Å². The minimum atomic E-state index is -3.21. The molecule has 26 nitrogen and oxygen atoms in total. The van der Waals surface area contributed by atoms with Crippen molar-refractivity contribution in [1.82, 2.24) is 33.1 Å². The number of nitrogens with zero attached hydrogens (tertiary/aromatic N) is 7. The quantitative estimate of drug-likeness (QED) is 0.0498. The lowest BCUT2D eigenvalue weighted by atomic mass is 9.93. The second-order valence-electron chi connectivity index (χ2n) is 37.9. The normalized spacial score (nSPS) is 33.8. The molecule has 6 unspecified atom stereocenters. The average Bonchev–Trinajstić information content (AvgIpc) is 1.42. The summed E-state index contributed by atoms with van der Waals surface area (Å²) in [6.45, 7) is 12.1. The van der Waals surface area contributed by atoms with Crippen molar-refractivity contribution in [1.29, 1.82) is 0 Å². The number of ether oxygens (including phenoxy) is 6. The van der Waals surface area contributed by atoms with E-state index in [9.17, 15) is 99.5 Å². The van der Waals surface area contributed by atoms with Gasteiger partial charge in [-0.2, -0.15) is 4.31 Å². The van der Waals surface area contributed by atoms with Crippen molar-refractivity contribution in [3.63, 3.8) is 0 Å². The number of sulfonamides is 2. The number of hydrogen-bond donors (Lipinski definition) is 5. The van der Waals surface area contributed by atoms with Crippen molar-refractivity contribution >= 4 is 39.7 Å². The third-order valence-electron chi connectivity index (χ3n) is 28.6. The predicted molar refractivity (Wildman–Crippen MR) is 451 cm³/mol. The van der Waals surface area contributed by atoms with Crippen molar-refractivity contribution in [2.75, 3.05) is 173 Å². The fourth-order valence-electron chi connectivity index (χ4n) is 21.9. The van der Waals surface area contributed by atoms with Gasteiger partial charge in [0.15, 0.2) is 77.8 Å². The molecular formula is C87H107F15N12O14S4. The van der Waals surface area contributed by atoms with Crippen molar-refractivity contribution < 1.29 is 128 Å². The van der Waals surface area contributed by atoms with Crippen LogP contribution in [0.1, 0.15) is 90.4 Å². The van der Waals surface area contributed by atoms with Crippen LogP contribution in [0.15, 0.2) is 83.0 Å². The van der Waals surface area contributed by atoms with Gasteiger partial charge < -0.3 is 57.1 Å². The summed E-state index contributed by atoms with van der Waals surface area (Å²) < 4.78 is 336. The van der Waals surface area contributed by atoms with Crippen molar-refractivity contribution in [3.8, 4) is 0 Å². The number of fused-ring (bicyclic) bond motifs is 3. The molecule has 5 aromatic rings. The van der Waals surface area contributed by atoms with E-state index >= 15 is 0 Å². The van der Waals surface area contributed by atoms with Crippen LogP contribution >= 0.6 is 0 Å². The molecule has 15 heterocycles. The molecule has 0 aliphatic carbocycles. The second kappa shape index (κ2) is 39.5. The highest BCUT2D eigenvalue weighted by molar-refractivity contribution is 7.92. The smallest absolute Gasteiger partial charge is 0.211 e. The Kier molecular flexibility index (Phi) is 29.5. The maximum atomic E-state index is 14.1. The van der Waals surface area contributed by atoms with Gasteiger partial charge in [-0.3, -0.25) is 24.5 Å². The number of hydrogen-bond acceptors (Lipinski definition) is 24. The molecule has 5 aromatic carbocycles. The van der Waals surface area contributed by atoms with Gasteiger partial charge in [0, 0.05) is 222 Å². The van der Waals surface area contributed by atoms with E-state index in [4.69, 9.17) is 57.1 Å². The third kappa shape index (κ3) is 21.7. The number of nitrogens with two attached hydrogens (primary N) is 5.